The molecule has 0 aromatic carbocycles. The van der Waals surface area contributed by atoms with Gasteiger partial charge in [0, 0.05) is 44.6 Å². The summed E-state index contributed by atoms with van der Waals surface area (Å²) in [6, 6.07) is 0.392. The van der Waals surface area contributed by atoms with E-state index in [0.29, 0.717) is 24.9 Å². The van der Waals surface area contributed by atoms with E-state index in [0.717, 1.165) is 39.1 Å². The number of carbonyl (C=O) groups is 1. The van der Waals surface area contributed by atoms with Crippen LogP contribution in [-0.4, -0.2) is 68.6 Å². The summed E-state index contributed by atoms with van der Waals surface area (Å²) in [4.78, 5) is 16.8. The number of ether oxygens (including phenoxy) is 1. The molecule has 0 aromatic rings. The summed E-state index contributed by atoms with van der Waals surface area (Å²) < 4.78 is 5.40. The summed E-state index contributed by atoms with van der Waals surface area (Å²) in [5.74, 6) is 0.557. The molecular formula is C13H24N2O2. The predicted octanol–water partition coefficient (Wildman–Crippen LogP) is 0.618. The summed E-state index contributed by atoms with van der Waals surface area (Å²) in [6.45, 7) is 4.65. The number of hydrogen-bond donors (Lipinski definition) is 0. The van der Waals surface area contributed by atoms with E-state index >= 15 is 0 Å². The minimum atomic E-state index is 0.157. The number of nitrogens with zero attached hydrogens (tertiary/aromatic N) is 2. The smallest absolute Gasteiger partial charge is 0.139 e. The molecule has 2 rings (SSSR count). The predicted molar refractivity (Wildman–Crippen MR) is 67.1 cm³/mol. The number of carbonyl (C=O) groups excluding carboxylic acids is 1. The van der Waals surface area contributed by atoms with Gasteiger partial charge in [-0.1, -0.05) is 0 Å². The lowest BCUT2D eigenvalue weighted by Gasteiger charge is -2.38. The van der Waals surface area contributed by atoms with Gasteiger partial charge in [-0.2, -0.15) is 0 Å². The third kappa shape index (κ3) is 3.50. The van der Waals surface area contributed by atoms with Crippen molar-refractivity contribution in [2.45, 2.75) is 25.3 Å². The van der Waals surface area contributed by atoms with Gasteiger partial charge in [0.15, 0.2) is 0 Å². The molecule has 2 heterocycles. The Morgan fingerprint density at radius 3 is 2.88 bits per heavy atom. The van der Waals surface area contributed by atoms with Gasteiger partial charge >= 0.3 is 0 Å². The molecule has 4 heteroatoms. The zero-order valence-corrected chi connectivity index (χ0v) is 11.0. The van der Waals surface area contributed by atoms with E-state index < -0.39 is 0 Å². The lowest BCUT2D eigenvalue weighted by molar-refractivity contribution is -0.128. The van der Waals surface area contributed by atoms with E-state index in [1.165, 1.54) is 0 Å². The van der Waals surface area contributed by atoms with Crippen LogP contribution in [0.5, 0.6) is 0 Å². The summed E-state index contributed by atoms with van der Waals surface area (Å²) in [6.07, 6.45) is 2.75. The third-order valence-electron chi connectivity index (χ3n) is 4.03. The zero-order chi connectivity index (χ0) is 12.3. The first kappa shape index (κ1) is 13.0. The van der Waals surface area contributed by atoms with Gasteiger partial charge in [0.25, 0.3) is 0 Å². The van der Waals surface area contributed by atoms with Crippen LogP contribution in [0.4, 0.5) is 0 Å². The summed E-state index contributed by atoms with van der Waals surface area (Å²) in [7, 11) is 4.26. The fourth-order valence-corrected chi connectivity index (χ4v) is 2.72. The first-order valence-corrected chi connectivity index (χ1v) is 6.66. The van der Waals surface area contributed by atoms with Gasteiger partial charge in [-0.05, 0) is 26.9 Å². The molecule has 0 aromatic heterocycles. The molecule has 2 aliphatic rings. The van der Waals surface area contributed by atoms with E-state index in [1.807, 2.05) is 0 Å². The molecule has 2 unspecified atom stereocenters. The van der Waals surface area contributed by atoms with E-state index in [9.17, 15) is 4.79 Å². The Kier molecular flexibility index (Phi) is 4.54. The van der Waals surface area contributed by atoms with Gasteiger partial charge in [-0.25, -0.2) is 0 Å². The highest BCUT2D eigenvalue weighted by Gasteiger charge is 2.28. The SMILES string of the molecule is CN1CCN(C)C(CC(=O)C2CCCOC2)C1. The van der Waals surface area contributed by atoms with Crippen LogP contribution in [0.3, 0.4) is 0 Å². The van der Waals surface area contributed by atoms with Gasteiger partial charge in [0.2, 0.25) is 0 Å². The van der Waals surface area contributed by atoms with Crippen LogP contribution in [0.1, 0.15) is 19.3 Å². The van der Waals surface area contributed by atoms with Crippen molar-refractivity contribution in [2.24, 2.45) is 5.92 Å². The summed E-state index contributed by atoms with van der Waals surface area (Å²) in [5.41, 5.74) is 0. The second kappa shape index (κ2) is 5.94. The molecule has 2 atom stereocenters. The molecule has 4 nitrogen and oxygen atoms in total. The van der Waals surface area contributed by atoms with Crippen LogP contribution in [-0.2, 0) is 9.53 Å². The van der Waals surface area contributed by atoms with E-state index in [-0.39, 0.29) is 5.92 Å². The van der Waals surface area contributed by atoms with Crippen LogP contribution >= 0.6 is 0 Å². The molecule has 2 saturated heterocycles. The molecule has 0 spiro atoms. The first-order chi connectivity index (χ1) is 8.16. The van der Waals surface area contributed by atoms with E-state index in [1.54, 1.807) is 0 Å². The van der Waals surface area contributed by atoms with Gasteiger partial charge in [-0.15, -0.1) is 0 Å². The van der Waals surface area contributed by atoms with Crippen LogP contribution in [0.15, 0.2) is 0 Å². The van der Waals surface area contributed by atoms with Crippen molar-refractivity contribution in [3.63, 3.8) is 0 Å². The molecule has 2 aliphatic heterocycles. The monoisotopic (exact) mass is 240 g/mol. The Hall–Kier alpha value is -0.450. The lowest BCUT2D eigenvalue weighted by Crippen LogP contribution is -2.51. The van der Waals surface area contributed by atoms with E-state index in [2.05, 4.69) is 23.9 Å². The number of Topliss-reactive ketones (excluding diaryl/α,β-unsaturated/α-hetero) is 1. The highest BCUT2D eigenvalue weighted by atomic mass is 16.5. The Labute approximate surface area is 104 Å². The molecule has 0 aliphatic carbocycles. The first-order valence-electron chi connectivity index (χ1n) is 6.66. The fraction of sp³-hybridized carbons (Fsp3) is 0.923. The minimum Gasteiger partial charge on any atom is -0.381 e. The van der Waals surface area contributed by atoms with Gasteiger partial charge in [-0.3, -0.25) is 4.79 Å². The molecule has 17 heavy (non-hydrogen) atoms. The number of likely N-dealkylation sites (N-methyl/N-ethyl adjacent to an activating group) is 2. The number of hydrogen-bond acceptors (Lipinski definition) is 4. The quantitative estimate of drug-likeness (QED) is 0.724. The fourth-order valence-electron chi connectivity index (χ4n) is 2.72. The Morgan fingerprint density at radius 2 is 2.18 bits per heavy atom. The molecule has 0 N–H and O–H groups in total. The Bertz CT molecular complexity index is 264. The minimum absolute atomic E-state index is 0.157. The number of piperazine rings is 1. The van der Waals surface area contributed by atoms with E-state index in [4.69, 9.17) is 4.74 Å². The Morgan fingerprint density at radius 1 is 1.35 bits per heavy atom. The van der Waals surface area contributed by atoms with Crippen LogP contribution in [0.2, 0.25) is 0 Å². The normalized spacial score (nSPS) is 32.6. The standard InChI is InChI=1S/C13H24N2O2/c1-14-5-6-15(2)12(9-14)8-13(16)11-4-3-7-17-10-11/h11-12H,3-10H2,1-2H3. The van der Waals surface area contributed by atoms with Crippen molar-refractivity contribution in [1.29, 1.82) is 0 Å². The average Bonchev–Trinajstić information content (AvgIpc) is 2.35. The number of rotatable bonds is 3. The summed E-state index contributed by atoms with van der Waals surface area (Å²) >= 11 is 0. The number of ketones is 1. The third-order valence-corrected chi connectivity index (χ3v) is 4.03. The summed E-state index contributed by atoms with van der Waals surface area (Å²) in [5, 5.41) is 0. The molecule has 98 valence electrons. The average molecular weight is 240 g/mol. The van der Waals surface area contributed by atoms with Gasteiger partial charge < -0.3 is 14.5 Å². The highest BCUT2D eigenvalue weighted by Crippen LogP contribution is 2.19. The maximum Gasteiger partial charge on any atom is 0.139 e. The van der Waals surface area contributed by atoms with Crippen molar-refractivity contribution in [1.82, 2.24) is 9.80 Å². The molecule has 0 saturated carbocycles. The van der Waals surface area contributed by atoms with Gasteiger partial charge in [0.1, 0.15) is 5.78 Å². The molecular weight excluding hydrogens is 216 g/mol. The van der Waals surface area contributed by atoms with Crippen LogP contribution in [0, 0.1) is 5.92 Å². The molecule has 0 radical (unpaired) electrons. The van der Waals surface area contributed by atoms with Crippen molar-refractivity contribution in [2.75, 3.05) is 46.9 Å². The largest absolute Gasteiger partial charge is 0.381 e. The lowest BCUT2D eigenvalue weighted by atomic mass is 9.92. The second-order valence-electron chi connectivity index (χ2n) is 5.48. The van der Waals surface area contributed by atoms with Crippen LogP contribution < -0.4 is 0 Å². The maximum atomic E-state index is 12.2. The van der Waals surface area contributed by atoms with Crippen molar-refractivity contribution >= 4 is 5.78 Å². The molecule has 0 amide bonds. The van der Waals surface area contributed by atoms with Crippen LogP contribution in [0.25, 0.3) is 0 Å². The second-order valence-corrected chi connectivity index (χ2v) is 5.48. The molecule has 0 bridgehead atoms. The van der Waals surface area contributed by atoms with Crippen molar-refractivity contribution < 1.29 is 9.53 Å². The van der Waals surface area contributed by atoms with Crippen molar-refractivity contribution in [3.05, 3.63) is 0 Å². The highest BCUT2D eigenvalue weighted by molar-refractivity contribution is 5.81. The molecule has 2 fully saturated rings. The van der Waals surface area contributed by atoms with Crippen molar-refractivity contribution in [3.8, 4) is 0 Å². The van der Waals surface area contributed by atoms with Gasteiger partial charge in [0.05, 0.1) is 6.61 Å². The Balaban J connectivity index is 1.83. The topological polar surface area (TPSA) is 32.8 Å². The maximum absolute atomic E-state index is 12.2. The zero-order valence-electron chi connectivity index (χ0n) is 11.0.